The van der Waals surface area contributed by atoms with Crippen LogP contribution in [0.2, 0.25) is 0 Å². The molecule has 2 heterocycles. The number of nitrogens with zero attached hydrogens (tertiary/aromatic N) is 2. The molecule has 0 radical (unpaired) electrons. The minimum absolute atomic E-state index is 0.268. The first-order valence-corrected chi connectivity index (χ1v) is 6.93. The fourth-order valence-electron chi connectivity index (χ4n) is 2.43. The fourth-order valence-corrected chi connectivity index (χ4v) is 2.43. The summed E-state index contributed by atoms with van der Waals surface area (Å²) in [6, 6.07) is 8.70. The van der Waals surface area contributed by atoms with Crippen LogP contribution in [0.3, 0.4) is 0 Å². The van der Waals surface area contributed by atoms with E-state index in [2.05, 4.69) is 46.6 Å². The quantitative estimate of drug-likeness (QED) is 0.918. The maximum absolute atomic E-state index is 5.35. The van der Waals surface area contributed by atoms with E-state index in [0.29, 0.717) is 12.3 Å². The molecule has 0 aliphatic carbocycles. The number of aromatic nitrogens is 2. The van der Waals surface area contributed by atoms with Gasteiger partial charge < -0.3 is 9.84 Å². The fraction of sp³-hybridized carbons (Fsp3) is 0.467. The molecule has 1 aromatic carbocycles. The number of rotatable bonds is 3. The Morgan fingerprint density at radius 3 is 2.84 bits per heavy atom. The van der Waals surface area contributed by atoms with Crippen LogP contribution in [0, 0.1) is 6.92 Å². The second-order valence-corrected chi connectivity index (χ2v) is 5.21. The molecule has 4 nitrogen and oxygen atoms in total. The van der Waals surface area contributed by atoms with Crippen LogP contribution >= 0.6 is 0 Å². The van der Waals surface area contributed by atoms with Crippen molar-refractivity contribution < 1.29 is 4.52 Å². The molecule has 2 aromatic rings. The van der Waals surface area contributed by atoms with Crippen molar-refractivity contribution in [1.82, 2.24) is 15.5 Å². The summed E-state index contributed by atoms with van der Waals surface area (Å²) in [6.45, 7) is 3.13. The molecule has 0 saturated carbocycles. The molecular weight excluding hydrogens is 238 g/mol. The lowest BCUT2D eigenvalue weighted by molar-refractivity contribution is 0.351. The summed E-state index contributed by atoms with van der Waals surface area (Å²) in [6.07, 6.45) is 4.29. The summed E-state index contributed by atoms with van der Waals surface area (Å²) < 4.78 is 5.35. The predicted molar refractivity (Wildman–Crippen MR) is 72.9 cm³/mol. The van der Waals surface area contributed by atoms with Crippen molar-refractivity contribution in [2.45, 2.75) is 38.6 Å². The predicted octanol–water partition coefficient (Wildman–Crippen LogP) is 2.78. The summed E-state index contributed by atoms with van der Waals surface area (Å²) >= 11 is 0. The SMILES string of the molecule is Cc1ccc(Cc2nc(C3CCCCN3)no2)cc1. The Kier molecular flexibility index (Phi) is 3.60. The van der Waals surface area contributed by atoms with Gasteiger partial charge in [-0.1, -0.05) is 41.4 Å². The Balaban J connectivity index is 1.68. The molecule has 100 valence electrons. The van der Waals surface area contributed by atoms with Crippen molar-refractivity contribution >= 4 is 0 Å². The smallest absolute Gasteiger partial charge is 0.231 e. The maximum Gasteiger partial charge on any atom is 0.231 e. The highest BCUT2D eigenvalue weighted by Crippen LogP contribution is 2.20. The van der Waals surface area contributed by atoms with Crippen molar-refractivity contribution in [3.63, 3.8) is 0 Å². The van der Waals surface area contributed by atoms with Crippen LogP contribution in [0.1, 0.15) is 48.1 Å². The molecule has 1 fully saturated rings. The molecule has 0 amide bonds. The third-order valence-electron chi connectivity index (χ3n) is 3.58. The van der Waals surface area contributed by atoms with Crippen LogP contribution in [0.25, 0.3) is 0 Å². The summed E-state index contributed by atoms with van der Waals surface area (Å²) in [4.78, 5) is 4.51. The molecule has 4 heteroatoms. The minimum Gasteiger partial charge on any atom is -0.339 e. The molecule has 1 aliphatic rings. The molecule has 0 bridgehead atoms. The van der Waals surface area contributed by atoms with Crippen LogP contribution in [-0.4, -0.2) is 16.7 Å². The first-order valence-electron chi connectivity index (χ1n) is 6.93. The van der Waals surface area contributed by atoms with Gasteiger partial charge in [0, 0.05) is 0 Å². The molecule has 1 atom stereocenters. The number of piperidine rings is 1. The largest absolute Gasteiger partial charge is 0.339 e. The van der Waals surface area contributed by atoms with Gasteiger partial charge in [-0.05, 0) is 31.9 Å². The van der Waals surface area contributed by atoms with Gasteiger partial charge in [-0.2, -0.15) is 4.98 Å². The van der Waals surface area contributed by atoms with E-state index in [1.54, 1.807) is 0 Å². The lowest BCUT2D eigenvalue weighted by Crippen LogP contribution is -2.27. The lowest BCUT2D eigenvalue weighted by Gasteiger charge is -2.19. The Bertz CT molecular complexity index is 527. The molecule has 1 aliphatic heterocycles. The molecule has 1 saturated heterocycles. The van der Waals surface area contributed by atoms with Crippen molar-refractivity contribution in [3.8, 4) is 0 Å². The monoisotopic (exact) mass is 257 g/mol. The number of nitrogens with one attached hydrogen (secondary N) is 1. The Labute approximate surface area is 113 Å². The number of hydrogen-bond donors (Lipinski definition) is 1. The van der Waals surface area contributed by atoms with E-state index in [1.807, 2.05) is 0 Å². The molecule has 1 unspecified atom stereocenters. The molecule has 1 N–H and O–H groups in total. The van der Waals surface area contributed by atoms with Gasteiger partial charge in [0.2, 0.25) is 5.89 Å². The zero-order valence-corrected chi connectivity index (χ0v) is 11.2. The van der Waals surface area contributed by atoms with Crippen molar-refractivity contribution in [3.05, 3.63) is 47.1 Å². The summed E-state index contributed by atoms with van der Waals surface area (Å²) in [5, 5.41) is 7.54. The van der Waals surface area contributed by atoms with E-state index in [1.165, 1.54) is 24.0 Å². The summed E-state index contributed by atoms with van der Waals surface area (Å²) in [7, 11) is 0. The van der Waals surface area contributed by atoms with Gasteiger partial charge in [0.15, 0.2) is 5.82 Å². The first kappa shape index (κ1) is 12.4. The van der Waals surface area contributed by atoms with Gasteiger partial charge in [-0.25, -0.2) is 0 Å². The van der Waals surface area contributed by atoms with Gasteiger partial charge in [-0.3, -0.25) is 0 Å². The molecule has 1 aromatic heterocycles. The van der Waals surface area contributed by atoms with Gasteiger partial charge in [-0.15, -0.1) is 0 Å². The van der Waals surface area contributed by atoms with Gasteiger partial charge in [0.05, 0.1) is 12.5 Å². The zero-order chi connectivity index (χ0) is 13.1. The maximum atomic E-state index is 5.35. The molecule has 19 heavy (non-hydrogen) atoms. The average Bonchev–Trinajstić information content (AvgIpc) is 2.91. The zero-order valence-electron chi connectivity index (χ0n) is 11.2. The minimum atomic E-state index is 0.268. The van der Waals surface area contributed by atoms with Crippen LogP contribution in [0.5, 0.6) is 0 Å². The second-order valence-electron chi connectivity index (χ2n) is 5.21. The molecule has 0 spiro atoms. The number of aryl methyl sites for hydroxylation is 1. The number of benzene rings is 1. The standard InChI is InChI=1S/C15H19N3O/c1-11-5-7-12(8-6-11)10-14-17-15(18-19-14)13-4-2-3-9-16-13/h5-8,13,16H,2-4,9-10H2,1H3. The Morgan fingerprint density at radius 1 is 1.26 bits per heavy atom. The highest BCUT2D eigenvalue weighted by atomic mass is 16.5. The average molecular weight is 257 g/mol. The van der Waals surface area contributed by atoms with Crippen LogP contribution in [0.15, 0.2) is 28.8 Å². The van der Waals surface area contributed by atoms with Crippen molar-refractivity contribution in [1.29, 1.82) is 0 Å². The van der Waals surface area contributed by atoms with E-state index in [4.69, 9.17) is 4.52 Å². The normalized spacial score (nSPS) is 19.5. The van der Waals surface area contributed by atoms with Crippen LogP contribution in [0.4, 0.5) is 0 Å². The highest BCUT2D eigenvalue weighted by Gasteiger charge is 2.20. The van der Waals surface area contributed by atoms with Crippen molar-refractivity contribution in [2.75, 3.05) is 6.54 Å². The van der Waals surface area contributed by atoms with Gasteiger partial charge in [0.25, 0.3) is 0 Å². The Morgan fingerprint density at radius 2 is 2.11 bits per heavy atom. The van der Waals surface area contributed by atoms with E-state index in [9.17, 15) is 0 Å². The van der Waals surface area contributed by atoms with Crippen LogP contribution < -0.4 is 5.32 Å². The lowest BCUT2D eigenvalue weighted by atomic mass is 10.0. The van der Waals surface area contributed by atoms with Gasteiger partial charge in [0.1, 0.15) is 0 Å². The summed E-state index contributed by atoms with van der Waals surface area (Å²) in [5.41, 5.74) is 2.47. The van der Waals surface area contributed by atoms with Crippen molar-refractivity contribution in [2.24, 2.45) is 0 Å². The van der Waals surface area contributed by atoms with E-state index in [-0.39, 0.29) is 6.04 Å². The highest BCUT2D eigenvalue weighted by molar-refractivity contribution is 5.23. The molecule has 3 rings (SSSR count). The first-order chi connectivity index (χ1) is 9.31. The second kappa shape index (κ2) is 5.53. The van der Waals surface area contributed by atoms with E-state index in [0.717, 1.165) is 18.8 Å². The van der Waals surface area contributed by atoms with Gasteiger partial charge >= 0.3 is 0 Å². The third-order valence-corrected chi connectivity index (χ3v) is 3.58. The van der Waals surface area contributed by atoms with E-state index < -0.39 is 0 Å². The third kappa shape index (κ3) is 3.01. The Hall–Kier alpha value is -1.68. The topological polar surface area (TPSA) is 51.0 Å². The summed E-state index contributed by atoms with van der Waals surface area (Å²) in [5.74, 6) is 1.51. The number of hydrogen-bond acceptors (Lipinski definition) is 4. The van der Waals surface area contributed by atoms with Crippen LogP contribution in [-0.2, 0) is 6.42 Å². The molecular formula is C15H19N3O. The van der Waals surface area contributed by atoms with E-state index >= 15 is 0 Å².